The van der Waals surface area contributed by atoms with E-state index in [0.717, 1.165) is 25.7 Å². The van der Waals surface area contributed by atoms with Crippen LogP contribution in [0.3, 0.4) is 0 Å². The van der Waals surface area contributed by atoms with Crippen LogP contribution in [0.15, 0.2) is 24.4 Å². The molecule has 1 N–H and O–H groups in total. The maximum Gasteiger partial charge on any atom is 0.341 e. The molecule has 144 valence electrons. The summed E-state index contributed by atoms with van der Waals surface area (Å²) in [5.74, 6) is -0.800. The SMILES string of the molecule is CC[C@H]1CCCCN1C(=O)[C@@H](C)OC(=O)c1c[nH]c2cc([N+](=O)[O-])ccc12. The van der Waals surface area contributed by atoms with Crippen LogP contribution in [-0.4, -0.2) is 45.4 Å². The van der Waals surface area contributed by atoms with Gasteiger partial charge in [-0.3, -0.25) is 14.9 Å². The number of nitrogens with zero attached hydrogens (tertiary/aromatic N) is 2. The van der Waals surface area contributed by atoms with E-state index in [4.69, 9.17) is 4.74 Å². The van der Waals surface area contributed by atoms with E-state index in [2.05, 4.69) is 11.9 Å². The number of ether oxygens (including phenoxy) is 1. The highest BCUT2D eigenvalue weighted by Crippen LogP contribution is 2.25. The van der Waals surface area contributed by atoms with Gasteiger partial charge in [0.25, 0.3) is 11.6 Å². The van der Waals surface area contributed by atoms with Gasteiger partial charge < -0.3 is 14.6 Å². The molecule has 0 unspecified atom stereocenters. The van der Waals surface area contributed by atoms with Crippen molar-refractivity contribution in [3.8, 4) is 0 Å². The molecule has 1 amide bonds. The molecule has 0 spiro atoms. The van der Waals surface area contributed by atoms with E-state index >= 15 is 0 Å². The fraction of sp³-hybridized carbons (Fsp3) is 0.474. The van der Waals surface area contributed by atoms with Crippen LogP contribution in [0.5, 0.6) is 0 Å². The number of rotatable bonds is 5. The van der Waals surface area contributed by atoms with Crippen molar-refractivity contribution in [3.05, 3.63) is 40.1 Å². The zero-order valence-electron chi connectivity index (χ0n) is 15.4. The van der Waals surface area contributed by atoms with E-state index in [-0.39, 0.29) is 23.2 Å². The number of piperidine rings is 1. The first-order chi connectivity index (χ1) is 12.9. The van der Waals surface area contributed by atoms with Crippen LogP contribution in [0.1, 0.15) is 49.9 Å². The van der Waals surface area contributed by atoms with Crippen molar-refractivity contribution in [1.29, 1.82) is 0 Å². The summed E-state index contributed by atoms with van der Waals surface area (Å²) in [6.07, 6.45) is 4.50. The lowest BCUT2D eigenvalue weighted by molar-refractivity contribution is -0.384. The number of hydrogen-bond acceptors (Lipinski definition) is 5. The van der Waals surface area contributed by atoms with E-state index in [1.807, 2.05) is 4.90 Å². The van der Waals surface area contributed by atoms with E-state index in [0.29, 0.717) is 17.4 Å². The number of fused-ring (bicyclic) bond motifs is 1. The van der Waals surface area contributed by atoms with Crippen molar-refractivity contribution >= 4 is 28.5 Å². The Morgan fingerprint density at radius 1 is 1.41 bits per heavy atom. The summed E-state index contributed by atoms with van der Waals surface area (Å²) >= 11 is 0. The standard InChI is InChI=1S/C19H23N3O5/c1-3-13-6-4-5-9-21(13)18(23)12(2)27-19(24)16-11-20-17-10-14(22(25)26)7-8-15(16)17/h7-8,10-13,20H,3-6,9H2,1-2H3/t12-,13+/m1/s1. The highest BCUT2D eigenvalue weighted by molar-refractivity contribution is 6.05. The van der Waals surface area contributed by atoms with Crippen LogP contribution in [0.4, 0.5) is 5.69 Å². The smallest absolute Gasteiger partial charge is 0.341 e. The number of likely N-dealkylation sites (tertiary alicyclic amines) is 1. The van der Waals surface area contributed by atoms with Crippen LogP contribution in [-0.2, 0) is 9.53 Å². The summed E-state index contributed by atoms with van der Waals surface area (Å²) in [6, 6.07) is 4.40. The third-order valence-corrected chi connectivity index (χ3v) is 5.11. The van der Waals surface area contributed by atoms with Gasteiger partial charge in [0.1, 0.15) is 0 Å². The summed E-state index contributed by atoms with van der Waals surface area (Å²) in [5.41, 5.74) is 0.658. The Labute approximate surface area is 156 Å². The highest BCUT2D eigenvalue weighted by Gasteiger charge is 2.31. The van der Waals surface area contributed by atoms with E-state index in [9.17, 15) is 19.7 Å². The van der Waals surface area contributed by atoms with Crippen LogP contribution < -0.4 is 0 Å². The molecule has 8 heteroatoms. The maximum absolute atomic E-state index is 12.7. The number of carbonyl (C=O) groups excluding carboxylic acids is 2. The Kier molecular flexibility index (Phi) is 5.43. The lowest BCUT2D eigenvalue weighted by Crippen LogP contribution is -2.48. The number of carbonyl (C=O) groups is 2. The predicted octanol–water partition coefficient (Wildman–Crippen LogP) is 3.41. The normalized spacial score (nSPS) is 18.3. The number of H-pyrrole nitrogens is 1. The number of non-ortho nitro benzene ring substituents is 1. The molecule has 1 aromatic carbocycles. The van der Waals surface area contributed by atoms with Crippen molar-refractivity contribution in [3.63, 3.8) is 0 Å². The zero-order chi connectivity index (χ0) is 19.6. The summed E-state index contributed by atoms with van der Waals surface area (Å²) in [4.78, 5) is 40.3. The van der Waals surface area contributed by atoms with Gasteiger partial charge in [0.2, 0.25) is 0 Å². The average Bonchev–Trinajstić information content (AvgIpc) is 3.10. The molecule has 2 aromatic rings. The number of aromatic nitrogens is 1. The van der Waals surface area contributed by atoms with Crippen molar-refractivity contribution in [2.24, 2.45) is 0 Å². The van der Waals surface area contributed by atoms with E-state index < -0.39 is 17.0 Å². The number of nitrogens with one attached hydrogen (secondary N) is 1. The van der Waals surface area contributed by atoms with Crippen LogP contribution in [0, 0.1) is 10.1 Å². The third kappa shape index (κ3) is 3.79. The molecule has 1 saturated heterocycles. The molecule has 8 nitrogen and oxygen atoms in total. The molecular formula is C19H23N3O5. The highest BCUT2D eigenvalue weighted by atomic mass is 16.6. The zero-order valence-corrected chi connectivity index (χ0v) is 15.4. The number of hydrogen-bond donors (Lipinski definition) is 1. The van der Waals surface area contributed by atoms with Gasteiger partial charge in [-0.15, -0.1) is 0 Å². The topological polar surface area (TPSA) is 106 Å². The quantitative estimate of drug-likeness (QED) is 0.491. The number of nitro benzene ring substituents is 1. The van der Waals surface area contributed by atoms with Crippen molar-refractivity contribution in [2.45, 2.75) is 51.7 Å². The van der Waals surface area contributed by atoms with Crippen molar-refractivity contribution < 1.29 is 19.2 Å². The molecule has 0 radical (unpaired) electrons. The Morgan fingerprint density at radius 2 is 2.19 bits per heavy atom. The molecule has 1 aromatic heterocycles. The Morgan fingerprint density at radius 3 is 2.89 bits per heavy atom. The van der Waals surface area contributed by atoms with Crippen LogP contribution in [0.25, 0.3) is 10.9 Å². The second-order valence-electron chi connectivity index (χ2n) is 6.83. The largest absolute Gasteiger partial charge is 0.449 e. The molecule has 3 rings (SSSR count). The van der Waals surface area contributed by atoms with Gasteiger partial charge in [-0.25, -0.2) is 4.79 Å². The van der Waals surface area contributed by atoms with E-state index in [1.54, 1.807) is 6.92 Å². The lowest BCUT2D eigenvalue weighted by atomic mass is 9.99. The molecule has 0 saturated carbocycles. The van der Waals surface area contributed by atoms with Gasteiger partial charge in [-0.1, -0.05) is 6.92 Å². The Bertz CT molecular complexity index is 875. The number of aromatic amines is 1. The molecule has 1 fully saturated rings. The van der Waals surface area contributed by atoms with Crippen molar-refractivity contribution in [1.82, 2.24) is 9.88 Å². The molecule has 2 heterocycles. The second-order valence-corrected chi connectivity index (χ2v) is 6.83. The van der Waals surface area contributed by atoms with Gasteiger partial charge in [0.15, 0.2) is 6.10 Å². The minimum absolute atomic E-state index is 0.0662. The van der Waals surface area contributed by atoms with Crippen LogP contribution >= 0.6 is 0 Å². The van der Waals surface area contributed by atoms with Gasteiger partial charge in [0, 0.05) is 36.3 Å². The van der Waals surface area contributed by atoms with Crippen molar-refractivity contribution in [2.75, 3.05) is 6.54 Å². The molecular weight excluding hydrogens is 350 g/mol. The fourth-order valence-electron chi connectivity index (χ4n) is 3.62. The minimum Gasteiger partial charge on any atom is -0.449 e. The number of esters is 1. The lowest BCUT2D eigenvalue weighted by Gasteiger charge is -2.36. The first kappa shape index (κ1) is 18.9. The molecule has 1 aliphatic heterocycles. The van der Waals surface area contributed by atoms with Gasteiger partial charge in [-0.2, -0.15) is 0 Å². The Hall–Kier alpha value is -2.90. The number of benzene rings is 1. The minimum atomic E-state index is -0.882. The van der Waals surface area contributed by atoms with Gasteiger partial charge in [-0.05, 0) is 38.7 Å². The Balaban J connectivity index is 1.73. The number of amides is 1. The summed E-state index contributed by atoms with van der Waals surface area (Å²) < 4.78 is 5.40. The van der Waals surface area contributed by atoms with E-state index in [1.165, 1.54) is 24.4 Å². The van der Waals surface area contributed by atoms with Gasteiger partial charge in [0.05, 0.1) is 16.0 Å². The number of nitro groups is 1. The molecule has 27 heavy (non-hydrogen) atoms. The second kappa shape index (κ2) is 7.77. The molecule has 0 bridgehead atoms. The molecule has 0 aliphatic carbocycles. The monoisotopic (exact) mass is 373 g/mol. The van der Waals surface area contributed by atoms with Crippen LogP contribution in [0.2, 0.25) is 0 Å². The summed E-state index contributed by atoms with van der Waals surface area (Å²) in [5, 5.41) is 11.4. The molecule has 2 atom stereocenters. The summed E-state index contributed by atoms with van der Waals surface area (Å²) in [7, 11) is 0. The predicted molar refractivity (Wildman–Crippen MR) is 99.5 cm³/mol. The first-order valence-electron chi connectivity index (χ1n) is 9.19. The summed E-state index contributed by atoms with van der Waals surface area (Å²) in [6.45, 7) is 4.33. The maximum atomic E-state index is 12.7. The molecule has 1 aliphatic rings. The first-order valence-corrected chi connectivity index (χ1v) is 9.19. The third-order valence-electron chi connectivity index (χ3n) is 5.11. The fourth-order valence-corrected chi connectivity index (χ4v) is 3.62. The van der Waals surface area contributed by atoms with Gasteiger partial charge >= 0.3 is 5.97 Å². The average molecular weight is 373 g/mol.